The van der Waals surface area contributed by atoms with E-state index in [-0.39, 0.29) is 0 Å². The monoisotopic (exact) mass is 554 g/mol. The van der Waals surface area contributed by atoms with E-state index in [2.05, 4.69) is 23.7 Å². The molecule has 0 N–H and O–H groups in total. The molecule has 42 heavy (non-hydrogen) atoms. The molecule has 0 aliphatic heterocycles. The van der Waals surface area contributed by atoms with Gasteiger partial charge in [-0.05, 0) is 85.6 Å². The molecule has 0 heterocycles. The van der Waals surface area contributed by atoms with Gasteiger partial charge in [0.05, 0.1) is 13.2 Å². The maximum atomic E-state index is 5.91. The molecule has 0 saturated carbocycles. The zero-order valence-electron chi connectivity index (χ0n) is 24.7. The van der Waals surface area contributed by atoms with Gasteiger partial charge in [0.25, 0.3) is 0 Å². The van der Waals surface area contributed by atoms with Gasteiger partial charge < -0.3 is 9.47 Å². The fourth-order valence-electron chi connectivity index (χ4n) is 4.60. The van der Waals surface area contributed by atoms with Crippen LogP contribution in [0.3, 0.4) is 0 Å². The van der Waals surface area contributed by atoms with Crippen molar-refractivity contribution < 1.29 is 9.47 Å². The number of hydrogen-bond acceptors (Lipinski definition) is 2. The normalized spacial score (nSPS) is 10.2. The quantitative estimate of drug-likeness (QED) is 0.108. The van der Waals surface area contributed by atoms with Crippen LogP contribution in [0.2, 0.25) is 0 Å². The largest absolute Gasteiger partial charge is 0.494 e. The average molecular weight is 555 g/mol. The van der Waals surface area contributed by atoms with Gasteiger partial charge in [-0.3, -0.25) is 0 Å². The Morgan fingerprint density at radius 2 is 0.595 bits per heavy atom. The third-order valence-electron chi connectivity index (χ3n) is 7.03. The summed E-state index contributed by atoms with van der Waals surface area (Å²) in [5, 5.41) is 0. The highest BCUT2D eigenvalue weighted by molar-refractivity contribution is 5.45. The molecule has 2 heteroatoms. The second-order valence-corrected chi connectivity index (χ2v) is 10.5. The molecule has 0 unspecified atom stereocenters. The summed E-state index contributed by atoms with van der Waals surface area (Å²) in [6.07, 6.45) is 12.6. The van der Waals surface area contributed by atoms with Crippen molar-refractivity contribution in [3.63, 3.8) is 0 Å². The Kier molecular flexibility index (Phi) is 13.7. The summed E-state index contributed by atoms with van der Waals surface area (Å²) in [5.41, 5.74) is 4.07. The summed E-state index contributed by atoms with van der Waals surface area (Å²) in [6.45, 7) is 1.56. The molecule has 0 radical (unpaired) electrons. The Morgan fingerprint density at radius 3 is 0.929 bits per heavy atom. The van der Waals surface area contributed by atoms with E-state index in [0.29, 0.717) is 0 Å². The predicted octanol–water partition coefficient (Wildman–Crippen LogP) is 9.84. The Hall–Kier alpha value is -4.40. The topological polar surface area (TPSA) is 18.5 Å². The molecule has 0 amide bonds. The number of benzene rings is 4. The van der Waals surface area contributed by atoms with Crippen LogP contribution in [0.25, 0.3) is 0 Å². The van der Waals surface area contributed by atoms with Crippen molar-refractivity contribution in [2.24, 2.45) is 0 Å². The van der Waals surface area contributed by atoms with Gasteiger partial charge in [0.15, 0.2) is 0 Å². The van der Waals surface area contributed by atoms with E-state index < -0.39 is 0 Å². The molecular formula is C40H42O2. The molecule has 2 nitrogen and oxygen atoms in total. The van der Waals surface area contributed by atoms with E-state index in [1.165, 1.54) is 51.4 Å². The first-order valence-corrected chi connectivity index (χ1v) is 15.4. The number of unbranched alkanes of at least 4 members (excludes halogenated alkanes) is 9. The minimum Gasteiger partial charge on any atom is -0.494 e. The Labute approximate surface area is 253 Å². The highest BCUT2D eigenvalue weighted by Gasteiger charge is 1.98. The van der Waals surface area contributed by atoms with Crippen LogP contribution < -0.4 is 9.47 Å². The van der Waals surface area contributed by atoms with Crippen molar-refractivity contribution in [2.75, 3.05) is 13.2 Å². The van der Waals surface area contributed by atoms with E-state index in [9.17, 15) is 0 Å². The van der Waals surface area contributed by atoms with Crippen LogP contribution in [0.1, 0.15) is 86.5 Å². The summed E-state index contributed by atoms with van der Waals surface area (Å²) in [5.74, 6) is 14.6. The molecule has 0 spiro atoms. The zero-order valence-corrected chi connectivity index (χ0v) is 24.7. The first-order chi connectivity index (χ1) is 20.8. The molecule has 0 aliphatic carbocycles. The second-order valence-electron chi connectivity index (χ2n) is 10.5. The van der Waals surface area contributed by atoms with Crippen molar-refractivity contribution in [2.45, 2.75) is 64.2 Å². The van der Waals surface area contributed by atoms with E-state index in [1.807, 2.05) is 109 Å². The smallest absolute Gasteiger partial charge is 0.119 e. The number of hydrogen-bond donors (Lipinski definition) is 0. The van der Waals surface area contributed by atoms with Gasteiger partial charge >= 0.3 is 0 Å². The van der Waals surface area contributed by atoms with Crippen molar-refractivity contribution in [1.29, 1.82) is 0 Å². The minimum atomic E-state index is 0.781. The van der Waals surface area contributed by atoms with E-state index in [0.717, 1.165) is 59.8 Å². The van der Waals surface area contributed by atoms with Gasteiger partial charge in [0.1, 0.15) is 11.5 Å². The van der Waals surface area contributed by atoms with Gasteiger partial charge in [-0.2, -0.15) is 0 Å². The highest BCUT2D eigenvalue weighted by Crippen LogP contribution is 2.15. The van der Waals surface area contributed by atoms with Gasteiger partial charge in [0.2, 0.25) is 0 Å². The molecule has 0 atom stereocenters. The van der Waals surface area contributed by atoms with Crippen molar-refractivity contribution in [3.05, 3.63) is 131 Å². The Bertz CT molecular complexity index is 1290. The minimum absolute atomic E-state index is 0.781. The standard InChI is InChI=1S/C40H42O2/c1(3-5-7-15-33-41-39-29-25-37(26-30-39)23-21-35-17-11-9-12-18-35)2-4-6-8-16-34-42-40-31-27-38(28-32-40)24-22-36-19-13-10-14-20-36/h9-14,17-20,25-32H,1-8,15-16,33-34H2. The molecular weight excluding hydrogens is 512 g/mol. The third kappa shape index (κ3) is 12.4. The first-order valence-electron chi connectivity index (χ1n) is 15.4. The SMILES string of the molecule is C(#Cc1ccc(OCCCCCCCCCCCCOc2ccc(C#Cc3ccccc3)cc2)cc1)c1ccccc1. The average Bonchev–Trinajstić information content (AvgIpc) is 3.05. The van der Waals surface area contributed by atoms with Gasteiger partial charge in [-0.15, -0.1) is 0 Å². The second kappa shape index (κ2) is 18.9. The summed E-state index contributed by atoms with van der Waals surface area (Å²) in [4.78, 5) is 0. The zero-order chi connectivity index (χ0) is 28.9. The van der Waals surface area contributed by atoms with E-state index in [1.54, 1.807) is 0 Å². The molecule has 0 aromatic heterocycles. The van der Waals surface area contributed by atoms with Crippen molar-refractivity contribution in [3.8, 4) is 35.2 Å². The van der Waals surface area contributed by atoms with E-state index in [4.69, 9.17) is 9.47 Å². The summed E-state index contributed by atoms with van der Waals surface area (Å²) < 4.78 is 11.8. The molecule has 0 aliphatic rings. The molecule has 0 fully saturated rings. The first kappa shape index (κ1) is 30.6. The third-order valence-corrected chi connectivity index (χ3v) is 7.03. The molecule has 4 rings (SSSR count). The molecule has 214 valence electrons. The van der Waals surface area contributed by atoms with E-state index >= 15 is 0 Å². The number of ether oxygens (including phenoxy) is 2. The maximum absolute atomic E-state index is 5.91. The number of rotatable bonds is 15. The lowest BCUT2D eigenvalue weighted by atomic mass is 10.1. The highest BCUT2D eigenvalue weighted by atomic mass is 16.5. The Balaban J connectivity index is 0.937. The van der Waals surface area contributed by atoms with Crippen LogP contribution in [-0.4, -0.2) is 13.2 Å². The van der Waals surface area contributed by atoms with Crippen LogP contribution in [0.15, 0.2) is 109 Å². The van der Waals surface area contributed by atoms with Crippen molar-refractivity contribution in [1.82, 2.24) is 0 Å². The predicted molar refractivity (Wildman–Crippen MR) is 175 cm³/mol. The summed E-state index contributed by atoms with van der Waals surface area (Å²) >= 11 is 0. The van der Waals surface area contributed by atoms with Crippen molar-refractivity contribution >= 4 is 0 Å². The van der Waals surface area contributed by atoms with Crippen LogP contribution in [0, 0.1) is 23.7 Å². The summed E-state index contributed by atoms with van der Waals surface area (Å²) in [7, 11) is 0. The lowest BCUT2D eigenvalue weighted by molar-refractivity contribution is 0.303. The van der Waals surface area contributed by atoms with Crippen LogP contribution in [-0.2, 0) is 0 Å². The van der Waals surface area contributed by atoms with Gasteiger partial charge in [-0.1, -0.05) is 111 Å². The van der Waals surface area contributed by atoms with Crippen LogP contribution in [0.5, 0.6) is 11.5 Å². The Morgan fingerprint density at radius 1 is 0.310 bits per heavy atom. The van der Waals surface area contributed by atoms with Crippen LogP contribution >= 0.6 is 0 Å². The molecule has 0 saturated heterocycles. The molecule has 4 aromatic rings. The van der Waals surface area contributed by atoms with Gasteiger partial charge in [-0.25, -0.2) is 0 Å². The lowest BCUT2D eigenvalue weighted by Gasteiger charge is -2.07. The fourth-order valence-corrected chi connectivity index (χ4v) is 4.60. The summed E-state index contributed by atoms with van der Waals surface area (Å²) in [6, 6.07) is 36.3. The van der Waals surface area contributed by atoms with Gasteiger partial charge in [0, 0.05) is 22.3 Å². The maximum Gasteiger partial charge on any atom is 0.119 e. The molecule has 4 aromatic carbocycles. The lowest BCUT2D eigenvalue weighted by Crippen LogP contribution is -1.97. The molecule has 0 bridgehead atoms. The fraction of sp³-hybridized carbons (Fsp3) is 0.300. The van der Waals surface area contributed by atoms with Crippen LogP contribution in [0.4, 0.5) is 0 Å².